The normalized spacial score (nSPS) is 21.9. The van der Waals surface area contributed by atoms with Crippen LogP contribution in [0.15, 0.2) is 24.3 Å². The van der Waals surface area contributed by atoms with Gasteiger partial charge in [-0.25, -0.2) is 0 Å². The second-order valence-electron chi connectivity index (χ2n) is 5.47. The Kier molecular flexibility index (Phi) is 6.30. The molecule has 2 unspecified atom stereocenters. The van der Waals surface area contributed by atoms with E-state index in [0.717, 1.165) is 43.2 Å². The van der Waals surface area contributed by atoms with E-state index in [-0.39, 0.29) is 6.04 Å². The molecule has 0 aliphatic carbocycles. The predicted octanol–water partition coefficient (Wildman–Crippen LogP) is 3.23. The maximum Gasteiger partial charge on any atom is 0.0702 e. The molecule has 1 fully saturated rings. The summed E-state index contributed by atoms with van der Waals surface area (Å²) in [6.07, 6.45) is 3.76. The van der Waals surface area contributed by atoms with Crippen LogP contribution >= 0.6 is 11.6 Å². The van der Waals surface area contributed by atoms with Crippen molar-refractivity contribution in [3.05, 3.63) is 34.9 Å². The molecule has 2 atom stereocenters. The van der Waals surface area contributed by atoms with Crippen LogP contribution in [-0.4, -0.2) is 37.2 Å². The van der Waals surface area contributed by atoms with Gasteiger partial charge >= 0.3 is 0 Å². The van der Waals surface area contributed by atoms with E-state index in [4.69, 9.17) is 22.1 Å². The number of hydrogen-bond donors (Lipinski definition) is 1. The van der Waals surface area contributed by atoms with Crippen molar-refractivity contribution in [3.8, 4) is 0 Å². The minimum atomic E-state index is 0.0566. The molecule has 0 aromatic heterocycles. The molecule has 0 spiro atoms. The zero-order valence-corrected chi connectivity index (χ0v) is 13.0. The number of nitrogens with two attached hydrogens (primary N) is 1. The van der Waals surface area contributed by atoms with Crippen molar-refractivity contribution < 1.29 is 4.74 Å². The molecule has 3 nitrogen and oxygen atoms in total. The first-order chi connectivity index (χ1) is 9.69. The fourth-order valence-corrected chi connectivity index (χ4v) is 3.01. The summed E-state index contributed by atoms with van der Waals surface area (Å²) in [5, 5.41) is 0.757. The standard InChI is InChI=1S/C16H25ClN2O/c1-2-20-15-7-4-9-19(12-15)10-8-16(18)13-5-3-6-14(17)11-13/h3,5-6,11,15-16H,2,4,7-10,12,18H2,1H3. The van der Waals surface area contributed by atoms with Crippen molar-refractivity contribution in [2.45, 2.75) is 38.3 Å². The Labute approximate surface area is 127 Å². The molecule has 1 aliphatic rings. The molecule has 112 valence electrons. The third-order valence-electron chi connectivity index (χ3n) is 3.90. The lowest BCUT2D eigenvalue weighted by Crippen LogP contribution is -2.40. The van der Waals surface area contributed by atoms with Crippen LogP contribution in [0.1, 0.15) is 37.8 Å². The monoisotopic (exact) mass is 296 g/mol. The second-order valence-corrected chi connectivity index (χ2v) is 5.91. The lowest BCUT2D eigenvalue weighted by atomic mass is 10.0. The Morgan fingerprint density at radius 1 is 1.50 bits per heavy atom. The van der Waals surface area contributed by atoms with E-state index in [2.05, 4.69) is 17.9 Å². The molecule has 20 heavy (non-hydrogen) atoms. The topological polar surface area (TPSA) is 38.5 Å². The summed E-state index contributed by atoms with van der Waals surface area (Å²) in [6, 6.07) is 7.92. The third kappa shape index (κ3) is 4.74. The fourth-order valence-electron chi connectivity index (χ4n) is 2.81. The van der Waals surface area contributed by atoms with E-state index in [1.807, 2.05) is 18.2 Å². The van der Waals surface area contributed by atoms with Gasteiger partial charge in [0.25, 0.3) is 0 Å². The quantitative estimate of drug-likeness (QED) is 0.876. The Bertz CT molecular complexity index is 411. The lowest BCUT2D eigenvalue weighted by Gasteiger charge is -2.33. The Hall–Kier alpha value is -0.610. The number of rotatable bonds is 6. The summed E-state index contributed by atoms with van der Waals surface area (Å²) in [4.78, 5) is 2.47. The highest BCUT2D eigenvalue weighted by molar-refractivity contribution is 6.30. The molecule has 1 saturated heterocycles. The van der Waals surface area contributed by atoms with Crippen LogP contribution in [0.25, 0.3) is 0 Å². The van der Waals surface area contributed by atoms with Crippen LogP contribution in [0.4, 0.5) is 0 Å². The number of ether oxygens (including phenoxy) is 1. The minimum Gasteiger partial charge on any atom is -0.377 e. The van der Waals surface area contributed by atoms with Gasteiger partial charge in [0.05, 0.1) is 6.10 Å². The number of piperidine rings is 1. The van der Waals surface area contributed by atoms with Crippen molar-refractivity contribution in [2.24, 2.45) is 5.73 Å². The molecule has 1 heterocycles. The molecule has 0 amide bonds. The Morgan fingerprint density at radius 2 is 2.35 bits per heavy atom. The van der Waals surface area contributed by atoms with Gasteiger partial charge in [0.15, 0.2) is 0 Å². The fraction of sp³-hybridized carbons (Fsp3) is 0.625. The van der Waals surface area contributed by atoms with E-state index in [1.165, 1.54) is 12.8 Å². The van der Waals surface area contributed by atoms with Gasteiger partial charge < -0.3 is 15.4 Å². The van der Waals surface area contributed by atoms with Gasteiger partial charge in [0.1, 0.15) is 0 Å². The van der Waals surface area contributed by atoms with Gasteiger partial charge in [0.2, 0.25) is 0 Å². The molecule has 1 aromatic rings. The van der Waals surface area contributed by atoms with E-state index in [9.17, 15) is 0 Å². The van der Waals surface area contributed by atoms with Crippen molar-refractivity contribution >= 4 is 11.6 Å². The zero-order valence-electron chi connectivity index (χ0n) is 12.2. The smallest absolute Gasteiger partial charge is 0.0702 e. The number of nitrogens with zero attached hydrogens (tertiary/aromatic N) is 1. The highest BCUT2D eigenvalue weighted by atomic mass is 35.5. The van der Waals surface area contributed by atoms with Crippen LogP contribution in [-0.2, 0) is 4.74 Å². The summed E-state index contributed by atoms with van der Waals surface area (Å²) in [6.45, 7) is 6.09. The molecule has 0 radical (unpaired) electrons. The third-order valence-corrected chi connectivity index (χ3v) is 4.13. The highest BCUT2D eigenvalue weighted by Gasteiger charge is 2.20. The van der Waals surface area contributed by atoms with Crippen LogP contribution in [0.2, 0.25) is 5.02 Å². The molecular formula is C16H25ClN2O. The largest absolute Gasteiger partial charge is 0.377 e. The molecule has 1 aliphatic heterocycles. The molecule has 2 N–H and O–H groups in total. The van der Waals surface area contributed by atoms with Crippen LogP contribution < -0.4 is 5.73 Å². The van der Waals surface area contributed by atoms with Crippen molar-refractivity contribution in [2.75, 3.05) is 26.2 Å². The first-order valence-corrected chi connectivity index (χ1v) is 7.92. The van der Waals surface area contributed by atoms with Gasteiger partial charge in [0, 0.05) is 30.8 Å². The van der Waals surface area contributed by atoms with Crippen LogP contribution in [0.3, 0.4) is 0 Å². The molecular weight excluding hydrogens is 272 g/mol. The molecule has 1 aromatic carbocycles. The van der Waals surface area contributed by atoms with Gasteiger partial charge in [-0.3, -0.25) is 0 Å². The van der Waals surface area contributed by atoms with Gasteiger partial charge in [-0.1, -0.05) is 23.7 Å². The van der Waals surface area contributed by atoms with Gasteiger partial charge in [-0.2, -0.15) is 0 Å². The Morgan fingerprint density at radius 3 is 3.10 bits per heavy atom. The summed E-state index contributed by atoms with van der Waals surface area (Å²) in [5.41, 5.74) is 7.38. The summed E-state index contributed by atoms with van der Waals surface area (Å²) >= 11 is 6.01. The molecule has 4 heteroatoms. The second kappa shape index (κ2) is 7.99. The predicted molar refractivity (Wildman–Crippen MR) is 84.1 cm³/mol. The highest BCUT2D eigenvalue weighted by Crippen LogP contribution is 2.20. The van der Waals surface area contributed by atoms with Crippen molar-refractivity contribution in [1.82, 2.24) is 4.90 Å². The van der Waals surface area contributed by atoms with E-state index in [1.54, 1.807) is 0 Å². The molecule has 0 saturated carbocycles. The van der Waals surface area contributed by atoms with Crippen molar-refractivity contribution in [3.63, 3.8) is 0 Å². The van der Waals surface area contributed by atoms with E-state index in [0.29, 0.717) is 6.10 Å². The first-order valence-electron chi connectivity index (χ1n) is 7.54. The summed E-state index contributed by atoms with van der Waals surface area (Å²) in [5.74, 6) is 0. The maximum atomic E-state index is 6.26. The lowest BCUT2D eigenvalue weighted by molar-refractivity contribution is 0.00530. The van der Waals surface area contributed by atoms with Crippen molar-refractivity contribution in [1.29, 1.82) is 0 Å². The van der Waals surface area contributed by atoms with E-state index >= 15 is 0 Å². The number of likely N-dealkylation sites (tertiary alicyclic amines) is 1. The zero-order chi connectivity index (χ0) is 14.4. The molecule has 2 rings (SSSR count). The average Bonchev–Trinajstić information content (AvgIpc) is 2.45. The number of halogens is 1. The average molecular weight is 297 g/mol. The van der Waals surface area contributed by atoms with Crippen LogP contribution in [0, 0.1) is 0 Å². The number of hydrogen-bond acceptors (Lipinski definition) is 3. The minimum absolute atomic E-state index is 0.0566. The van der Waals surface area contributed by atoms with Gasteiger partial charge in [-0.15, -0.1) is 0 Å². The summed E-state index contributed by atoms with van der Waals surface area (Å²) in [7, 11) is 0. The van der Waals surface area contributed by atoms with Crippen LogP contribution in [0.5, 0.6) is 0 Å². The SMILES string of the molecule is CCOC1CCCN(CCC(N)c2cccc(Cl)c2)C1. The Balaban J connectivity index is 1.79. The van der Waals surface area contributed by atoms with E-state index < -0.39 is 0 Å². The molecule has 0 bridgehead atoms. The summed E-state index contributed by atoms with van der Waals surface area (Å²) < 4.78 is 5.73. The van der Waals surface area contributed by atoms with Gasteiger partial charge in [-0.05, 0) is 50.4 Å². The maximum absolute atomic E-state index is 6.26. The first kappa shape index (κ1) is 15.8. The number of benzene rings is 1.